The predicted molar refractivity (Wildman–Crippen MR) is 110 cm³/mol. The van der Waals surface area contributed by atoms with E-state index >= 15 is 0 Å². The van der Waals surface area contributed by atoms with Crippen molar-refractivity contribution in [2.24, 2.45) is 0 Å². The van der Waals surface area contributed by atoms with Gasteiger partial charge < -0.3 is 4.57 Å². The monoisotopic (exact) mass is 360 g/mol. The maximum absolute atomic E-state index is 9.63. The molecule has 0 aliphatic heterocycles. The van der Waals surface area contributed by atoms with Gasteiger partial charge in [0.2, 0.25) is 0 Å². The van der Waals surface area contributed by atoms with E-state index in [1.807, 2.05) is 30.3 Å². The molecule has 3 rings (SSSR count). The van der Waals surface area contributed by atoms with Crippen molar-refractivity contribution in [3.05, 3.63) is 87.7 Å². The lowest BCUT2D eigenvalue weighted by Crippen LogP contribution is -2.02. The molecule has 0 amide bonds. The van der Waals surface area contributed by atoms with Crippen molar-refractivity contribution < 1.29 is 0 Å². The van der Waals surface area contributed by atoms with Crippen LogP contribution < -0.4 is 0 Å². The highest BCUT2D eigenvalue weighted by Crippen LogP contribution is 2.27. The molecule has 3 aromatic rings. The molecule has 0 fully saturated rings. The third kappa shape index (κ3) is 3.45. The first-order valence-corrected chi connectivity index (χ1v) is 9.08. The van der Waals surface area contributed by atoms with Crippen LogP contribution in [-0.2, 0) is 6.42 Å². The van der Waals surface area contributed by atoms with Gasteiger partial charge >= 0.3 is 0 Å². The van der Waals surface area contributed by atoms with E-state index in [4.69, 9.17) is 11.6 Å². The third-order valence-corrected chi connectivity index (χ3v) is 4.87. The number of nitriles is 1. The van der Waals surface area contributed by atoms with Crippen molar-refractivity contribution in [3.63, 3.8) is 0 Å². The van der Waals surface area contributed by atoms with Gasteiger partial charge in [0, 0.05) is 22.1 Å². The lowest BCUT2D eigenvalue weighted by Gasteiger charge is -2.14. The summed E-state index contributed by atoms with van der Waals surface area (Å²) in [4.78, 5) is 0. The molecule has 0 aliphatic rings. The van der Waals surface area contributed by atoms with Crippen LogP contribution in [0.15, 0.2) is 54.6 Å². The minimum Gasteiger partial charge on any atom is -0.318 e. The molecule has 2 aromatic carbocycles. The van der Waals surface area contributed by atoms with Gasteiger partial charge in [0.1, 0.15) is 0 Å². The molecule has 0 atom stereocenters. The Balaban J connectivity index is 2.12. The second-order valence-electron chi connectivity index (χ2n) is 6.32. The normalized spacial score (nSPS) is 11.4. The average molecular weight is 361 g/mol. The lowest BCUT2D eigenvalue weighted by atomic mass is 10.0. The highest BCUT2D eigenvalue weighted by molar-refractivity contribution is 6.30. The molecule has 130 valence electrons. The summed E-state index contributed by atoms with van der Waals surface area (Å²) in [6, 6.07) is 20.3. The predicted octanol–water partition coefficient (Wildman–Crippen LogP) is 6.37. The molecule has 2 nitrogen and oxygen atoms in total. The van der Waals surface area contributed by atoms with Gasteiger partial charge in [0.25, 0.3) is 0 Å². The van der Waals surface area contributed by atoms with E-state index < -0.39 is 0 Å². The van der Waals surface area contributed by atoms with Crippen LogP contribution in [0.25, 0.3) is 17.3 Å². The number of aromatic nitrogens is 1. The van der Waals surface area contributed by atoms with Crippen molar-refractivity contribution in [2.45, 2.75) is 27.2 Å². The molecule has 1 aromatic heterocycles. The molecular formula is C23H21ClN2. The molecule has 0 spiro atoms. The zero-order valence-corrected chi connectivity index (χ0v) is 16.0. The summed E-state index contributed by atoms with van der Waals surface area (Å²) in [6.45, 7) is 6.36. The number of benzene rings is 2. The van der Waals surface area contributed by atoms with Crippen molar-refractivity contribution in [3.8, 4) is 11.8 Å². The van der Waals surface area contributed by atoms with E-state index in [1.165, 1.54) is 11.3 Å². The first-order chi connectivity index (χ1) is 12.5. The topological polar surface area (TPSA) is 28.7 Å². The second-order valence-corrected chi connectivity index (χ2v) is 6.76. The van der Waals surface area contributed by atoms with Gasteiger partial charge in [-0.05, 0) is 67.3 Å². The Labute approximate surface area is 160 Å². The molecule has 0 bridgehead atoms. The van der Waals surface area contributed by atoms with Gasteiger partial charge in [-0.25, -0.2) is 0 Å². The van der Waals surface area contributed by atoms with Crippen LogP contribution in [0.3, 0.4) is 0 Å². The Morgan fingerprint density at radius 1 is 1.12 bits per heavy atom. The fraction of sp³-hybridized carbons (Fsp3) is 0.174. The smallest absolute Gasteiger partial charge is 0.0998 e. The van der Waals surface area contributed by atoms with E-state index in [2.05, 4.69) is 61.7 Å². The SMILES string of the molecule is CCc1ccccc1-n1c(C)cc(/C=C(/C#N)c2cccc(Cl)c2)c1C. The highest BCUT2D eigenvalue weighted by atomic mass is 35.5. The largest absolute Gasteiger partial charge is 0.318 e. The van der Waals surface area contributed by atoms with E-state index in [9.17, 15) is 5.26 Å². The van der Waals surface area contributed by atoms with Gasteiger partial charge in [0.15, 0.2) is 0 Å². The number of halogens is 1. The van der Waals surface area contributed by atoms with Crippen LogP contribution in [0.5, 0.6) is 0 Å². The van der Waals surface area contributed by atoms with Crippen LogP contribution in [0.4, 0.5) is 0 Å². The molecule has 3 heteroatoms. The summed E-state index contributed by atoms with van der Waals surface area (Å²) in [5.74, 6) is 0. The Kier molecular flexibility index (Phi) is 5.30. The van der Waals surface area contributed by atoms with Gasteiger partial charge in [-0.2, -0.15) is 5.26 Å². The molecular weight excluding hydrogens is 340 g/mol. The molecule has 0 radical (unpaired) electrons. The fourth-order valence-corrected chi connectivity index (χ4v) is 3.51. The number of hydrogen-bond acceptors (Lipinski definition) is 1. The van der Waals surface area contributed by atoms with E-state index in [1.54, 1.807) is 0 Å². The Morgan fingerprint density at radius 3 is 2.58 bits per heavy atom. The average Bonchev–Trinajstić information content (AvgIpc) is 2.92. The first kappa shape index (κ1) is 18.0. The number of nitrogens with zero attached hydrogens (tertiary/aromatic N) is 2. The highest BCUT2D eigenvalue weighted by Gasteiger charge is 2.13. The van der Waals surface area contributed by atoms with E-state index in [-0.39, 0.29) is 0 Å². The minimum absolute atomic E-state index is 0.608. The first-order valence-electron chi connectivity index (χ1n) is 8.70. The number of para-hydroxylation sites is 1. The molecule has 0 saturated heterocycles. The number of aryl methyl sites for hydroxylation is 2. The van der Waals surface area contributed by atoms with Gasteiger partial charge in [-0.15, -0.1) is 0 Å². The molecule has 0 aliphatic carbocycles. The Morgan fingerprint density at radius 2 is 1.88 bits per heavy atom. The molecule has 0 N–H and O–H groups in total. The van der Waals surface area contributed by atoms with Gasteiger partial charge in [-0.1, -0.05) is 48.9 Å². The molecule has 0 saturated carbocycles. The van der Waals surface area contributed by atoms with Crippen molar-refractivity contribution in [2.75, 3.05) is 0 Å². The quantitative estimate of drug-likeness (QED) is 0.496. The Bertz CT molecular complexity index is 1020. The summed E-state index contributed by atoms with van der Waals surface area (Å²) in [5.41, 5.74) is 7.27. The molecule has 1 heterocycles. The summed E-state index contributed by atoms with van der Waals surface area (Å²) in [7, 11) is 0. The maximum Gasteiger partial charge on any atom is 0.0998 e. The number of rotatable bonds is 4. The van der Waals surface area contributed by atoms with Crippen LogP contribution in [-0.4, -0.2) is 4.57 Å². The zero-order valence-electron chi connectivity index (χ0n) is 15.3. The maximum atomic E-state index is 9.63. The Hall–Kier alpha value is -2.76. The van der Waals surface area contributed by atoms with Crippen molar-refractivity contribution in [1.82, 2.24) is 4.57 Å². The standard InChI is InChI=1S/C23H21ClN2/c1-4-18-8-5-6-11-23(18)26-16(2)12-20(17(26)3)13-21(15-25)19-9-7-10-22(24)14-19/h5-14H,4H2,1-3H3/b21-13-. The number of hydrogen-bond donors (Lipinski definition) is 0. The van der Waals surface area contributed by atoms with Crippen LogP contribution >= 0.6 is 11.6 Å². The summed E-state index contributed by atoms with van der Waals surface area (Å²) in [6.07, 6.45) is 2.92. The van der Waals surface area contributed by atoms with Gasteiger partial charge in [-0.3, -0.25) is 0 Å². The van der Waals surface area contributed by atoms with Crippen LogP contribution in [0.1, 0.15) is 35.0 Å². The lowest BCUT2D eigenvalue weighted by molar-refractivity contribution is 0.936. The molecule has 0 unspecified atom stereocenters. The van der Waals surface area contributed by atoms with Gasteiger partial charge in [0.05, 0.1) is 11.6 Å². The summed E-state index contributed by atoms with van der Waals surface area (Å²) >= 11 is 6.08. The van der Waals surface area contributed by atoms with E-state index in [0.717, 1.165) is 28.9 Å². The molecule has 26 heavy (non-hydrogen) atoms. The zero-order chi connectivity index (χ0) is 18.7. The van der Waals surface area contributed by atoms with Crippen molar-refractivity contribution in [1.29, 1.82) is 5.26 Å². The van der Waals surface area contributed by atoms with Crippen LogP contribution in [0, 0.1) is 25.2 Å². The summed E-state index contributed by atoms with van der Waals surface area (Å²) < 4.78 is 2.26. The minimum atomic E-state index is 0.608. The van der Waals surface area contributed by atoms with E-state index in [0.29, 0.717) is 10.6 Å². The second kappa shape index (κ2) is 7.64. The number of allylic oxidation sites excluding steroid dienone is 1. The van der Waals surface area contributed by atoms with Crippen LogP contribution in [0.2, 0.25) is 5.02 Å². The van der Waals surface area contributed by atoms with Crippen molar-refractivity contribution >= 4 is 23.3 Å². The summed E-state index contributed by atoms with van der Waals surface area (Å²) in [5, 5.41) is 10.3. The third-order valence-electron chi connectivity index (χ3n) is 4.64. The fourth-order valence-electron chi connectivity index (χ4n) is 3.32.